The van der Waals surface area contributed by atoms with E-state index in [-0.39, 0.29) is 0 Å². The molecule has 0 amide bonds. The van der Waals surface area contributed by atoms with Gasteiger partial charge in [0.2, 0.25) is 0 Å². The lowest BCUT2D eigenvalue weighted by Gasteiger charge is -2.11. The van der Waals surface area contributed by atoms with Gasteiger partial charge in [0.25, 0.3) is 0 Å². The van der Waals surface area contributed by atoms with E-state index in [0.29, 0.717) is 0 Å². The summed E-state index contributed by atoms with van der Waals surface area (Å²) in [6, 6.07) is 50.0. The Morgan fingerprint density at radius 3 is 0.889 bits per heavy atom. The van der Waals surface area contributed by atoms with E-state index in [1.807, 2.05) is 13.0 Å². The minimum atomic E-state index is 1.08. The molecule has 45 heavy (non-hydrogen) atoms. The minimum Gasteiger partial charge on any atom is -0.0985 e. The van der Waals surface area contributed by atoms with Crippen LogP contribution < -0.4 is 0 Å². The van der Waals surface area contributed by atoms with Crippen molar-refractivity contribution in [3.8, 4) is 0 Å². The number of hydrogen-bond acceptors (Lipinski definition) is 0. The van der Waals surface area contributed by atoms with Gasteiger partial charge in [-0.25, -0.2) is 0 Å². The average molecular weight is 573 g/mol. The molecule has 0 nitrogen and oxygen atoms in total. The molecule has 0 aliphatic rings. The number of hydrogen-bond donors (Lipinski definition) is 0. The first kappa shape index (κ1) is 26.9. The van der Waals surface area contributed by atoms with Crippen LogP contribution in [0.3, 0.4) is 0 Å². The van der Waals surface area contributed by atoms with Gasteiger partial charge >= 0.3 is 0 Å². The predicted molar refractivity (Wildman–Crippen MR) is 201 cm³/mol. The summed E-state index contributed by atoms with van der Waals surface area (Å²) in [5.74, 6) is 0. The van der Waals surface area contributed by atoms with Crippen molar-refractivity contribution < 1.29 is 0 Å². The molecule has 0 aliphatic carbocycles. The summed E-state index contributed by atoms with van der Waals surface area (Å²) in [5, 5.41) is 20.7. The monoisotopic (exact) mass is 572 g/mol. The molecule has 0 atom stereocenters. The zero-order chi connectivity index (χ0) is 30.5. The summed E-state index contributed by atoms with van der Waals surface area (Å²) in [6.07, 6.45) is 5.50. The summed E-state index contributed by atoms with van der Waals surface area (Å²) in [5.41, 5.74) is 1.08. The van der Waals surface area contributed by atoms with Crippen LogP contribution in [0.15, 0.2) is 170 Å². The molecular formula is C45H32. The standard InChI is InChI=1S/C38H22.C7H10/c1-3-7-25-13-31-19-35-21-37-27(15-33(35)17-29(31)11-23(25)5-1)9-10-28-16-34-18-30-12-24-6-2-4-8-26(24)14-32(30)20-36(34)22-38(28)37;1-4-7(5-2)6-3/h1-22H;4-6H,1-2H2,3H3. The Morgan fingerprint density at radius 2 is 0.622 bits per heavy atom. The zero-order valence-corrected chi connectivity index (χ0v) is 25.3. The van der Waals surface area contributed by atoms with Gasteiger partial charge in [0.1, 0.15) is 0 Å². The third-order valence-corrected chi connectivity index (χ3v) is 9.19. The van der Waals surface area contributed by atoms with Crippen LogP contribution in [0.5, 0.6) is 0 Å². The van der Waals surface area contributed by atoms with E-state index < -0.39 is 0 Å². The first-order valence-electron chi connectivity index (χ1n) is 15.5. The van der Waals surface area contributed by atoms with Crippen molar-refractivity contribution in [2.45, 2.75) is 6.92 Å². The van der Waals surface area contributed by atoms with Gasteiger partial charge in [0.05, 0.1) is 0 Å². The second-order valence-electron chi connectivity index (χ2n) is 11.9. The van der Waals surface area contributed by atoms with Gasteiger partial charge < -0.3 is 0 Å². The van der Waals surface area contributed by atoms with Crippen molar-refractivity contribution in [2.75, 3.05) is 0 Å². The van der Waals surface area contributed by atoms with E-state index in [4.69, 9.17) is 0 Å². The van der Waals surface area contributed by atoms with Crippen LogP contribution in [0, 0.1) is 0 Å². The normalized spacial score (nSPS) is 11.4. The largest absolute Gasteiger partial charge is 0.0985 e. The Morgan fingerprint density at radius 1 is 0.356 bits per heavy atom. The van der Waals surface area contributed by atoms with E-state index in [0.717, 1.165) is 5.57 Å². The summed E-state index contributed by atoms with van der Waals surface area (Å²) in [6.45, 7) is 9.08. The molecule has 0 heterocycles. The molecule has 0 aromatic heterocycles. The lowest BCUT2D eigenvalue weighted by atomic mass is 9.93. The third kappa shape index (κ3) is 4.72. The van der Waals surface area contributed by atoms with Gasteiger partial charge in [-0.3, -0.25) is 0 Å². The highest BCUT2D eigenvalue weighted by Gasteiger charge is 2.08. The summed E-state index contributed by atoms with van der Waals surface area (Å²) in [4.78, 5) is 0. The number of rotatable bonds is 2. The van der Waals surface area contributed by atoms with Crippen molar-refractivity contribution in [1.29, 1.82) is 0 Å². The van der Waals surface area contributed by atoms with Crippen LogP contribution in [0.25, 0.3) is 86.2 Å². The quantitative estimate of drug-likeness (QED) is 0.110. The Kier molecular flexibility index (Phi) is 6.43. The summed E-state index contributed by atoms with van der Waals surface area (Å²) >= 11 is 0. The van der Waals surface area contributed by atoms with Crippen LogP contribution in [0.2, 0.25) is 0 Å². The van der Waals surface area contributed by atoms with Gasteiger partial charge in [0.15, 0.2) is 0 Å². The van der Waals surface area contributed by atoms with E-state index in [9.17, 15) is 0 Å². The second-order valence-corrected chi connectivity index (χ2v) is 11.9. The summed E-state index contributed by atoms with van der Waals surface area (Å²) < 4.78 is 0. The van der Waals surface area contributed by atoms with Crippen molar-refractivity contribution >= 4 is 86.2 Å². The van der Waals surface area contributed by atoms with E-state index in [2.05, 4.69) is 147 Å². The molecule has 0 unspecified atom stereocenters. The molecule has 0 spiro atoms. The molecular weight excluding hydrogens is 540 g/mol. The highest BCUT2D eigenvalue weighted by atomic mass is 14.1. The van der Waals surface area contributed by atoms with Crippen LogP contribution in [-0.4, -0.2) is 0 Å². The molecule has 9 aromatic carbocycles. The maximum atomic E-state index is 3.56. The molecule has 0 saturated carbocycles. The van der Waals surface area contributed by atoms with Crippen molar-refractivity contribution in [3.63, 3.8) is 0 Å². The number of benzene rings is 9. The van der Waals surface area contributed by atoms with Crippen molar-refractivity contribution in [3.05, 3.63) is 170 Å². The Balaban J connectivity index is 0.000000389. The highest BCUT2D eigenvalue weighted by molar-refractivity contribution is 6.18. The molecule has 9 aromatic rings. The van der Waals surface area contributed by atoms with Crippen LogP contribution in [0.4, 0.5) is 0 Å². The minimum absolute atomic E-state index is 1.08. The van der Waals surface area contributed by atoms with Crippen molar-refractivity contribution in [1.82, 2.24) is 0 Å². The maximum absolute atomic E-state index is 3.56. The third-order valence-electron chi connectivity index (χ3n) is 9.19. The Hall–Kier alpha value is -5.72. The van der Waals surface area contributed by atoms with E-state index in [1.54, 1.807) is 12.2 Å². The number of fused-ring (bicyclic) bond motifs is 9. The van der Waals surface area contributed by atoms with Crippen LogP contribution >= 0.6 is 0 Å². The predicted octanol–water partition coefficient (Wildman–Crippen LogP) is 13.2. The van der Waals surface area contributed by atoms with Gasteiger partial charge in [-0.1, -0.05) is 92.0 Å². The average Bonchev–Trinajstić information content (AvgIpc) is 3.07. The first-order chi connectivity index (χ1) is 22.1. The molecule has 0 fully saturated rings. The van der Waals surface area contributed by atoms with Crippen molar-refractivity contribution in [2.24, 2.45) is 0 Å². The molecule has 0 radical (unpaired) electrons. The lowest BCUT2D eigenvalue weighted by Crippen LogP contribution is -1.84. The fourth-order valence-corrected chi connectivity index (χ4v) is 6.76. The molecule has 0 saturated heterocycles. The SMILES string of the molecule is C=CC(C=C)=CC.c1ccc2cc3cc4cc5c(ccc6cc7cc8cc9ccccc9cc8cc7cc65)cc4cc3cc2c1. The fourth-order valence-electron chi connectivity index (χ4n) is 6.76. The van der Waals surface area contributed by atoms with Crippen LogP contribution in [0.1, 0.15) is 6.92 Å². The molecule has 0 bridgehead atoms. The van der Waals surface area contributed by atoms with E-state index in [1.165, 1.54) is 86.2 Å². The molecule has 0 heteroatoms. The molecule has 9 rings (SSSR count). The molecule has 212 valence electrons. The smallest absolute Gasteiger partial charge is 0.00988 e. The highest BCUT2D eigenvalue weighted by Crippen LogP contribution is 2.36. The second kappa shape index (κ2) is 10.8. The van der Waals surface area contributed by atoms with E-state index >= 15 is 0 Å². The molecule has 0 N–H and O–H groups in total. The van der Waals surface area contributed by atoms with Gasteiger partial charge in [-0.15, -0.1) is 0 Å². The number of allylic oxidation sites excluding steroid dienone is 4. The molecule has 0 aliphatic heterocycles. The lowest BCUT2D eigenvalue weighted by molar-refractivity contribution is 1.62. The first-order valence-corrected chi connectivity index (χ1v) is 15.5. The van der Waals surface area contributed by atoms with Gasteiger partial charge in [-0.2, -0.15) is 0 Å². The fraction of sp³-hybridized carbons (Fsp3) is 0.0222. The topological polar surface area (TPSA) is 0 Å². The van der Waals surface area contributed by atoms with Gasteiger partial charge in [0, 0.05) is 0 Å². The Bertz CT molecular complexity index is 2500. The van der Waals surface area contributed by atoms with Gasteiger partial charge in [-0.05, 0) is 171 Å². The Labute approximate surface area is 262 Å². The van der Waals surface area contributed by atoms with Crippen LogP contribution in [-0.2, 0) is 0 Å². The summed E-state index contributed by atoms with van der Waals surface area (Å²) in [7, 11) is 0. The zero-order valence-electron chi connectivity index (χ0n) is 25.3. The maximum Gasteiger partial charge on any atom is -0.00988 e.